The molecule has 2 aromatic rings. The maximum absolute atomic E-state index is 6.25. The van der Waals surface area contributed by atoms with Crippen LogP contribution in [0.1, 0.15) is 16.0 Å². The molecule has 4 heteroatoms. The molecular weight excluding hydrogens is 335 g/mol. The summed E-state index contributed by atoms with van der Waals surface area (Å²) in [6.45, 7) is 0. The standard InChI is InChI=1S/C14H11BrCl2O/c1-18-9-6-7-11(13(17)8-9)14(15)10-4-2-3-5-12(10)16/h2-8,14H,1H3. The average Bonchev–Trinajstić information content (AvgIpc) is 2.38. The van der Waals surface area contributed by atoms with Gasteiger partial charge in [0.1, 0.15) is 5.75 Å². The summed E-state index contributed by atoms with van der Waals surface area (Å²) in [5.74, 6) is 0.739. The Balaban J connectivity index is 2.40. The van der Waals surface area contributed by atoms with Gasteiger partial charge in [-0.3, -0.25) is 0 Å². The molecule has 0 aromatic heterocycles. The van der Waals surface area contributed by atoms with Crippen LogP contribution in [0.5, 0.6) is 5.75 Å². The number of benzene rings is 2. The van der Waals surface area contributed by atoms with Gasteiger partial charge in [0.25, 0.3) is 0 Å². The second-order valence-corrected chi connectivity index (χ2v) is 5.50. The SMILES string of the molecule is COc1ccc(C(Br)c2ccccc2Cl)c(Cl)c1. The van der Waals surface area contributed by atoms with Gasteiger partial charge in [-0.2, -0.15) is 0 Å². The van der Waals surface area contributed by atoms with Crippen LogP contribution in [0.25, 0.3) is 0 Å². The quantitative estimate of drug-likeness (QED) is 0.668. The van der Waals surface area contributed by atoms with E-state index < -0.39 is 0 Å². The maximum Gasteiger partial charge on any atom is 0.120 e. The molecule has 1 atom stereocenters. The molecular formula is C14H11BrCl2O. The van der Waals surface area contributed by atoms with Gasteiger partial charge < -0.3 is 4.74 Å². The highest BCUT2D eigenvalue weighted by atomic mass is 79.9. The first-order valence-electron chi connectivity index (χ1n) is 5.35. The van der Waals surface area contributed by atoms with Crippen LogP contribution >= 0.6 is 39.1 Å². The minimum Gasteiger partial charge on any atom is -0.497 e. The van der Waals surface area contributed by atoms with Crippen LogP contribution in [0.15, 0.2) is 42.5 Å². The van der Waals surface area contributed by atoms with Gasteiger partial charge in [-0.05, 0) is 29.3 Å². The van der Waals surface area contributed by atoms with Gasteiger partial charge in [0, 0.05) is 10.0 Å². The van der Waals surface area contributed by atoms with Crippen LogP contribution in [0.4, 0.5) is 0 Å². The van der Waals surface area contributed by atoms with Gasteiger partial charge in [-0.25, -0.2) is 0 Å². The van der Waals surface area contributed by atoms with Crippen LogP contribution in [0, 0.1) is 0 Å². The second kappa shape index (κ2) is 5.96. The average molecular weight is 346 g/mol. The van der Waals surface area contributed by atoms with Crippen LogP contribution < -0.4 is 4.74 Å². The fraction of sp³-hybridized carbons (Fsp3) is 0.143. The lowest BCUT2D eigenvalue weighted by atomic mass is 10.0. The highest BCUT2D eigenvalue weighted by molar-refractivity contribution is 9.09. The van der Waals surface area contributed by atoms with Crippen LogP contribution in [0.3, 0.4) is 0 Å². The van der Waals surface area contributed by atoms with Crippen molar-refractivity contribution in [2.24, 2.45) is 0 Å². The molecule has 0 fully saturated rings. The fourth-order valence-corrected chi connectivity index (χ4v) is 3.28. The van der Waals surface area contributed by atoms with Gasteiger partial charge in [-0.15, -0.1) is 0 Å². The molecule has 18 heavy (non-hydrogen) atoms. The van der Waals surface area contributed by atoms with E-state index in [-0.39, 0.29) is 4.83 Å². The summed E-state index contributed by atoms with van der Waals surface area (Å²) in [6.07, 6.45) is 0. The van der Waals surface area contributed by atoms with E-state index in [4.69, 9.17) is 27.9 Å². The van der Waals surface area contributed by atoms with Crippen molar-refractivity contribution in [3.8, 4) is 5.75 Å². The van der Waals surface area contributed by atoms with E-state index in [1.807, 2.05) is 36.4 Å². The first kappa shape index (κ1) is 13.7. The molecule has 0 spiro atoms. The first-order chi connectivity index (χ1) is 8.63. The molecule has 1 unspecified atom stereocenters. The van der Waals surface area contributed by atoms with Crippen LogP contribution in [-0.4, -0.2) is 7.11 Å². The first-order valence-corrected chi connectivity index (χ1v) is 7.02. The molecule has 0 saturated heterocycles. The number of methoxy groups -OCH3 is 1. The summed E-state index contributed by atoms with van der Waals surface area (Å²) < 4.78 is 5.13. The lowest BCUT2D eigenvalue weighted by Crippen LogP contribution is -1.95. The van der Waals surface area contributed by atoms with Gasteiger partial charge in [-0.1, -0.05) is 63.4 Å². The molecule has 2 aromatic carbocycles. The Morgan fingerprint density at radius 1 is 1.00 bits per heavy atom. The molecule has 94 valence electrons. The monoisotopic (exact) mass is 344 g/mol. The lowest BCUT2D eigenvalue weighted by Gasteiger charge is -2.14. The van der Waals surface area contributed by atoms with Crippen molar-refractivity contribution in [3.63, 3.8) is 0 Å². The number of halogens is 3. The van der Waals surface area contributed by atoms with Gasteiger partial charge in [0.15, 0.2) is 0 Å². The number of ether oxygens (including phenoxy) is 1. The van der Waals surface area contributed by atoms with E-state index in [0.717, 1.165) is 16.9 Å². The summed E-state index contributed by atoms with van der Waals surface area (Å²) in [5.41, 5.74) is 1.96. The number of rotatable bonds is 3. The molecule has 0 bridgehead atoms. The van der Waals surface area contributed by atoms with E-state index in [0.29, 0.717) is 10.0 Å². The highest BCUT2D eigenvalue weighted by Gasteiger charge is 2.16. The maximum atomic E-state index is 6.25. The minimum absolute atomic E-state index is 0.0374. The smallest absolute Gasteiger partial charge is 0.120 e. The third kappa shape index (κ3) is 2.82. The number of hydrogen-bond acceptors (Lipinski definition) is 1. The molecule has 0 saturated carbocycles. The Bertz CT molecular complexity index is 557. The van der Waals surface area contributed by atoms with Gasteiger partial charge in [0.2, 0.25) is 0 Å². The lowest BCUT2D eigenvalue weighted by molar-refractivity contribution is 0.414. The summed E-state index contributed by atoms with van der Waals surface area (Å²) in [5, 5.41) is 1.36. The predicted molar refractivity (Wildman–Crippen MR) is 80.2 cm³/mol. The highest BCUT2D eigenvalue weighted by Crippen LogP contribution is 2.39. The topological polar surface area (TPSA) is 9.23 Å². The van der Waals surface area contributed by atoms with E-state index in [1.54, 1.807) is 13.2 Å². The van der Waals surface area contributed by atoms with E-state index in [1.165, 1.54) is 0 Å². The molecule has 0 N–H and O–H groups in total. The second-order valence-electron chi connectivity index (χ2n) is 3.77. The van der Waals surface area contributed by atoms with E-state index in [2.05, 4.69) is 15.9 Å². The zero-order valence-corrected chi connectivity index (χ0v) is 12.8. The van der Waals surface area contributed by atoms with Gasteiger partial charge >= 0.3 is 0 Å². The summed E-state index contributed by atoms with van der Waals surface area (Å²) in [7, 11) is 1.62. The minimum atomic E-state index is -0.0374. The third-order valence-corrected chi connectivity index (χ3v) is 4.32. The Hall–Kier alpha value is -0.700. The van der Waals surface area contributed by atoms with Crippen molar-refractivity contribution in [1.29, 1.82) is 0 Å². The van der Waals surface area contributed by atoms with Crippen molar-refractivity contribution in [1.82, 2.24) is 0 Å². The molecule has 0 radical (unpaired) electrons. The largest absolute Gasteiger partial charge is 0.497 e. The van der Waals surface area contributed by atoms with Crippen LogP contribution in [0.2, 0.25) is 10.0 Å². The molecule has 2 rings (SSSR count). The molecule has 0 amide bonds. The van der Waals surface area contributed by atoms with Gasteiger partial charge in [0.05, 0.1) is 11.9 Å². The Kier molecular flexibility index (Phi) is 4.55. The molecule has 1 nitrogen and oxygen atoms in total. The fourth-order valence-electron chi connectivity index (χ4n) is 1.69. The zero-order chi connectivity index (χ0) is 13.1. The van der Waals surface area contributed by atoms with Crippen molar-refractivity contribution in [2.45, 2.75) is 4.83 Å². The Labute approximate surface area is 125 Å². The predicted octanol–water partition coefficient (Wildman–Crippen LogP) is 5.49. The zero-order valence-electron chi connectivity index (χ0n) is 9.66. The van der Waals surface area contributed by atoms with Crippen molar-refractivity contribution < 1.29 is 4.74 Å². The Morgan fingerprint density at radius 2 is 1.67 bits per heavy atom. The molecule has 0 aliphatic carbocycles. The normalized spacial score (nSPS) is 12.2. The Morgan fingerprint density at radius 3 is 2.28 bits per heavy atom. The summed E-state index contributed by atoms with van der Waals surface area (Å²) in [6, 6.07) is 13.3. The summed E-state index contributed by atoms with van der Waals surface area (Å²) >= 11 is 16.1. The van der Waals surface area contributed by atoms with Crippen molar-refractivity contribution in [3.05, 3.63) is 63.6 Å². The molecule has 0 heterocycles. The van der Waals surface area contributed by atoms with Crippen molar-refractivity contribution >= 4 is 39.1 Å². The number of hydrogen-bond donors (Lipinski definition) is 0. The summed E-state index contributed by atoms with van der Waals surface area (Å²) in [4.78, 5) is -0.0374. The van der Waals surface area contributed by atoms with Crippen molar-refractivity contribution in [2.75, 3.05) is 7.11 Å². The van der Waals surface area contributed by atoms with Crippen LogP contribution in [-0.2, 0) is 0 Å². The number of alkyl halides is 1. The molecule has 0 aliphatic heterocycles. The van der Waals surface area contributed by atoms with E-state index in [9.17, 15) is 0 Å². The third-order valence-electron chi connectivity index (χ3n) is 2.66. The van der Waals surface area contributed by atoms with E-state index >= 15 is 0 Å². The molecule has 0 aliphatic rings.